The lowest BCUT2D eigenvalue weighted by atomic mass is 10.0. The molecule has 0 spiro atoms. The van der Waals surface area contributed by atoms with Crippen molar-refractivity contribution in [3.63, 3.8) is 0 Å². The Morgan fingerprint density at radius 1 is 0.950 bits per heavy atom. The first kappa shape index (κ1) is 14.6. The van der Waals surface area contributed by atoms with Crippen molar-refractivity contribution >= 4 is 12.4 Å². The molecule has 1 heterocycles. The zero-order chi connectivity index (χ0) is 13.2. The maximum Gasteiger partial charge on any atom is 0.161 e. The summed E-state index contributed by atoms with van der Waals surface area (Å²) < 4.78 is 24.5. The lowest BCUT2D eigenvalue weighted by Gasteiger charge is -2.19. The van der Waals surface area contributed by atoms with E-state index in [-0.39, 0.29) is 18.2 Å². The van der Waals surface area contributed by atoms with Gasteiger partial charge in [-0.3, -0.25) is 0 Å². The fraction of sp³-hybridized carbons (Fsp3) is 0.200. The van der Waals surface area contributed by atoms with E-state index in [9.17, 15) is 4.39 Å². The van der Waals surface area contributed by atoms with Crippen LogP contribution in [-0.2, 0) is 6.54 Å². The van der Waals surface area contributed by atoms with Crippen molar-refractivity contribution in [2.45, 2.75) is 6.54 Å². The van der Waals surface area contributed by atoms with Crippen molar-refractivity contribution in [1.29, 1.82) is 0 Å². The van der Waals surface area contributed by atoms with Gasteiger partial charge in [-0.05, 0) is 47.0 Å². The lowest BCUT2D eigenvalue weighted by Crippen LogP contribution is -2.15. The van der Waals surface area contributed by atoms with Gasteiger partial charge in [-0.15, -0.1) is 12.4 Å². The summed E-state index contributed by atoms with van der Waals surface area (Å²) in [6.45, 7) is 1.41. The van der Waals surface area contributed by atoms with Gasteiger partial charge in [0.05, 0.1) is 0 Å². The highest BCUT2D eigenvalue weighted by atomic mass is 35.5. The van der Waals surface area contributed by atoms with Gasteiger partial charge < -0.3 is 15.2 Å². The monoisotopic (exact) mass is 295 g/mol. The Labute approximate surface area is 122 Å². The molecule has 2 N–H and O–H groups in total. The Morgan fingerprint density at radius 2 is 1.70 bits per heavy atom. The van der Waals surface area contributed by atoms with Crippen molar-refractivity contribution in [2.75, 3.05) is 13.2 Å². The van der Waals surface area contributed by atoms with Crippen LogP contribution in [0.15, 0.2) is 36.4 Å². The van der Waals surface area contributed by atoms with Crippen molar-refractivity contribution in [1.82, 2.24) is 0 Å². The normalized spacial score (nSPS) is 12.7. The van der Waals surface area contributed by atoms with E-state index >= 15 is 0 Å². The second-order valence-corrected chi connectivity index (χ2v) is 4.41. The Bertz CT molecular complexity index is 619. The van der Waals surface area contributed by atoms with Crippen LogP contribution in [0.3, 0.4) is 0 Å². The second-order valence-electron chi connectivity index (χ2n) is 4.41. The number of benzene rings is 2. The number of hydrogen-bond acceptors (Lipinski definition) is 3. The van der Waals surface area contributed by atoms with E-state index < -0.39 is 0 Å². The van der Waals surface area contributed by atoms with Gasteiger partial charge in [-0.25, -0.2) is 4.39 Å². The van der Waals surface area contributed by atoms with Gasteiger partial charge in [0.1, 0.15) is 19.0 Å². The standard InChI is InChI=1S/C15H14FNO2.ClH/c16-13-6-10(9-17)5-12(7-13)11-1-2-14-15(8-11)19-4-3-18-14;/h1-2,5-8H,3-4,9,17H2;1H. The molecule has 2 aromatic rings. The van der Waals surface area contributed by atoms with Gasteiger partial charge in [-0.1, -0.05) is 6.07 Å². The molecule has 0 saturated heterocycles. The van der Waals surface area contributed by atoms with E-state index in [4.69, 9.17) is 15.2 Å². The number of hydrogen-bond donors (Lipinski definition) is 1. The summed E-state index contributed by atoms with van der Waals surface area (Å²) in [6.07, 6.45) is 0. The summed E-state index contributed by atoms with van der Waals surface area (Å²) in [6, 6.07) is 10.4. The smallest absolute Gasteiger partial charge is 0.161 e. The van der Waals surface area contributed by atoms with Crippen LogP contribution in [0.4, 0.5) is 4.39 Å². The number of fused-ring (bicyclic) bond motifs is 1. The van der Waals surface area contributed by atoms with Crippen molar-refractivity contribution < 1.29 is 13.9 Å². The van der Waals surface area contributed by atoms with E-state index in [1.807, 2.05) is 24.3 Å². The van der Waals surface area contributed by atoms with Crippen molar-refractivity contribution in [3.8, 4) is 22.6 Å². The largest absolute Gasteiger partial charge is 0.486 e. The van der Waals surface area contributed by atoms with Gasteiger partial charge >= 0.3 is 0 Å². The Hall–Kier alpha value is -1.78. The molecule has 0 fully saturated rings. The summed E-state index contributed by atoms with van der Waals surface area (Å²) >= 11 is 0. The number of ether oxygens (including phenoxy) is 2. The number of rotatable bonds is 2. The number of nitrogens with two attached hydrogens (primary N) is 1. The maximum atomic E-state index is 13.5. The third-order valence-corrected chi connectivity index (χ3v) is 3.07. The summed E-state index contributed by atoms with van der Waals surface area (Å²) in [4.78, 5) is 0. The minimum absolute atomic E-state index is 0. The zero-order valence-corrected chi connectivity index (χ0v) is 11.6. The molecule has 1 aliphatic rings. The van der Waals surface area contributed by atoms with Crippen LogP contribution in [0.1, 0.15) is 5.56 Å². The third-order valence-electron chi connectivity index (χ3n) is 3.07. The summed E-state index contributed by atoms with van der Waals surface area (Å²) in [5, 5.41) is 0. The Balaban J connectivity index is 0.00000147. The van der Waals surface area contributed by atoms with Crippen LogP contribution < -0.4 is 15.2 Å². The third kappa shape index (κ3) is 2.86. The average Bonchev–Trinajstić information content (AvgIpc) is 2.46. The molecule has 3 nitrogen and oxygen atoms in total. The van der Waals surface area contributed by atoms with Gasteiger partial charge in [0.15, 0.2) is 11.5 Å². The Kier molecular flexibility index (Phi) is 4.47. The molecule has 0 atom stereocenters. The molecule has 2 aromatic carbocycles. The lowest BCUT2D eigenvalue weighted by molar-refractivity contribution is 0.171. The molecule has 1 aliphatic heterocycles. The van der Waals surface area contributed by atoms with Crippen LogP contribution in [0, 0.1) is 5.82 Å². The maximum absolute atomic E-state index is 13.5. The molecule has 0 aliphatic carbocycles. The van der Waals surface area contributed by atoms with Crippen LogP contribution >= 0.6 is 12.4 Å². The van der Waals surface area contributed by atoms with Crippen LogP contribution in [0.5, 0.6) is 11.5 Å². The molecule has 106 valence electrons. The SMILES string of the molecule is Cl.NCc1cc(F)cc(-c2ccc3c(c2)OCCO3)c1. The molecule has 0 aromatic heterocycles. The molecule has 0 unspecified atom stereocenters. The fourth-order valence-electron chi connectivity index (χ4n) is 2.16. The molecule has 0 radical (unpaired) electrons. The minimum atomic E-state index is -0.284. The van der Waals surface area contributed by atoms with Gasteiger partial charge in [0.25, 0.3) is 0 Å². The number of halogens is 2. The molecule has 0 bridgehead atoms. The van der Waals surface area contributed by atoms with E-state index in [0.29, 0.717) is 25.5 Å². The van der Waals surface area contributed by atoms with Crippen LogP contribution in [0.2, 0.25) is 0 Å². The van der Waals surface area contributed by atoms with E-state index in [0.717, 1.165) is 22.4 Å². The highest BCUT2D eigenvalue weighted by Crippen LogP contribution is 2.34. The summed E-state index contributed by atoms with van der Waals surface area (Å²) in [7, 11) is 0. The molecule has 5 heteroatoms. The molecule has 0 saturated carbocycles. The first-order chi connectivity index (χ1) is 9.26. The van der Waals surface area contributed by atoms with Gasteiger partial charge in [0, 0.05) is 6.54 Å². The summed E-state index contributed by atoms with van der Waals surface area (Å²) in [5.74, 6) is 1.14. The van der Waals surface area contributed by atoms with Crippen molar-refractivity contribution in [3.05, 3.63) is 47.8 Å². The van der Waals surface area contributed by atoms with E-state index in [1.165, 1.54) is 12.1 Å². The quantitative estimate of drug-likeness (QED) is 0.925. The molecule has 3 rings (SSSR count). The molecule has 20 heavy (non-hydrogen) atoms. The molecule has 0 amide bonds. The topological polar surface area (TPSA) is 44.5 Å². The molecular formula is C15H15ClFNO2. The first-order valence-corrected chi connectivity index (χ1v) is 6.16. The fourth-order valence-corrected chi connectivity index (χ4v) is 2.16. The second kappa shape index (κ2) is 6.11. The van der Waals surface area contributed by atoms with Gasteiger partial charge in [0.2, 0.25) is 0 Å². The van der Waals surface area contributed by atoms with E-state index in [2.05, 4.69) is 0 Å². The van der Waals surface area contributed by atoms with Gasteiger partial charge in [-0.2, -0.15) is 0 Å². The summed E-state index contributed by atoms with van der Waals surface area (Å²) in [5.41, 5.74) is 8.01. The first-order valence-electron chi connectivity index (χ1n) is 6.16. The van der Waals surface area contributed by atoms with E-state index in [1.54, 1.807) is 0 Å². The molecular weight excluding hydrogens is 281 g/mol. The van der Waals surface area contributed by atoms with Crippen LogP contribution in [-0.4, -0.2) is 13.2 Å². The predicted octanol–water partition coefficient (Wildman–Crippen LogP) is 3.14. The highest BCUT2D eigenvalue weighted by molar-refractivity contribution is 5.85. The van der Waals surface area contributed by atoms with Crippen LogP contribution in [0.25, 0.3) is 11.1 Å². The predicted molar refractivity (Wildman–Crippen MR) is 78.0 cm³/mol. The Morgan fingerprint density at radius 3 is 2.45 bits per heavy atom. The van der Waals surface area contributed by atoms with Crippen molar-refractivity contribution in [2.24, 2.45) is 5.73 Å². The minimum Gasteiger partial charge on any atom is -0.486 e. The zero-order valence-electron chi connectivity index (χ0n) is 10.8. The average molecular weight is 296 g/mol. The highest BCUT2D eigenvalue weighted by Gasteiger charge is 2.13.